The number of nitrogens with zero attached hydrogens (tertiary/aromatic N) is 2. The molecule has 0 spiro atoms. The van der Waals surface area contributed by atoms with Crippen molar-refractivity contribution in [2.45, 2.75) is 12.8 Å². The highest BCUT2D eigenvalue weighted by molar-refractivity contribution is 6.34. The lowest BCUT2D eigenvalue weighted by Crippen LogP contribution is -2.38. The van der Waals surface area contributed by atoms with E-state index in [1.54, 1.807) is 29.2 Å². The molecule has 0 aromatic heterocycles. The number of non-ortho nitro benzene ring substituents is 1. The van der Waals surface area contributed by atoms with Gasteiger partial charge in [0.1, 0.15) is 5.75 Å². The lowest BCUT2D eigenvalue weighted by atomic mass is 10.0. The van der Waals surface area contributed by atoms with E-state index in [2.05, 4.69) is 0 Å². The highest BCUT2D eigenvalue weighted by Crippen LogP contribution is 2.31. The number of rotatable bonds is 4. The Kier molecular flexibility index (Phi) is 5.11. The number of amides is 1. The molecule has 0 saturated heterocycles. The van der Waals surface area contributed by atoms with Gasteiger partial charge >= 0.3 is 0 Å². The molecule has 0 fully saturated rings. The average molecular weight is 381 g/mol. The number of carbonyl (C=O) groups is 1. The van der Waals surface area contributed by atoms with E-state index in [-0.39, 0.29) is 18.2 Å². The van der Waals surface area contributed by atoms with Gasteiger partial charge in [0.05, 0.1) is 9.95 Å². The van der Waals surface area contributed by atoms with Crippen LogP contribution in [0.25, 0.3) is 0 Å². The molecule has 0 bridgehead atoms. The van der Waals surface area contributed by atoms with Gasteiger partial charge in [-0.25, -0.2) is 0 Å². The van der Waals surface area contributed by atoms with E-state index < -0.39 is 4.92 Å². The number of nitro benzene ring substituents is 1. The Morgan fingerprint density at radius 3 is 2.80 bits per heavy atom. The van der Waals surface area contributed by atoms with Crippen LogP contribution in [0.5, 0.6) is 5.75 Å². The molecule has 130 valence electrons. The molecule has 0 unspecified atom stereocenters. The number of aryl methyl sites for hydroxylation is 1. The predicted molar refractivity (Wildman–Crippen MR) is 95.7 cm³/mol. The Morgan fingerprint density at radius 1 is 1.24 bits per heavy atom. The summed E-state index contributed by atoms with van der Waals surface area (Å²) < 4.78 is 5.49. The van der Waals surface area contributed by atoms with Crippen LogP contribution in [0.15, 0.2) is 36.4 Å². The quantitative estimate of drug-likeness (QED) is 0.586. The Balaban J connectivity index is 1.75. The standard InChI is InChI=1S/C17H14Cl2N2O4/c18-12-3-5-14(19)16(9-12)25-10-17(22)20-7-1-2-11-8-13(21(23)24)4-6-15(11)20/h3-6,8-9H,1-2,7,10H2. The Labute approximate surface area is 154 Å². The van der Waals surface area contributed by atoms with E-state index in [1.165, 1.54) is 12.1 Å². The zero-order valence-electron chi connectivity index (χ0n) is 13.1. The minimum absolute atomic E-state index is 0.0232. The molecular weight excluding hydrogens is 367 g/mol. The van der Waals surface area contributed by atoms with Crippen LogP contribution < -0.4 is 9.64 Å². The van der Waals surface area contributed by atoms with Crippen molar-refractivity contribution in [3.63, 3.8) is 0 Å². The zero-order valence-corrected chi connectivity index (χ0v) is 14.6. The molecule has 3 rings (SSSR count). The van der Waals surface area contributed by atoms with E-state index in [9.17, 15) is 14.9 Å². The van der Waals surface area contributed by atoms with E-state index in [4.69, 9.17) is 27.9 Å². The summed E-state index contributed by atoms with van der Waals surface area (Å²) in [7, 11) is 0. The molecule has 0 atom stereocenters. The number of ether oxygens (including phenoxy) is 1. The van der Waals surface area contributed by atoms with Crippen LogP contribution in [0.2, 0.25) is 10.0 Å². The molecule has 25 heavy (non-hydrogen) atoms. The van der Waals surface area contributed by atoms with Crippen molar-refractivity contribution in [3.8, 4) is 5.75 Å². The lowest BCUT2D eigenvalue weighted by molar-refractivity contribution is -0.384. The second kappa shape index (κ2) is 7.29. The Bertz CT molecular complexity index is 841. The molecule has 1 aliphatic rings. The summed E-state index contributed by atoms with van der Waals surface area (Å²) in [5.74, 6) is 0.0919. The fourth-order valence-corrected chi connectivity index (χ4v) is 3.10. The molecule has 1 aliphatic heterocycles. The van der Waals surface area contributed by atoms with E-state index in [0.717, 1.165) is 12.0 Å². The van der Waals surface area contributed by atoms with E-state index in [1.807, 2.05) is 0 Å². The maximum Gasteiger partial charge on any atom is 0.269 e. The molecule has 2 aromatic carbocycles. The Morgan fingerprint density at radius 2 is 2.04 bits per heavy atom. The number of benzene rings is 2. The van der Waals surface area contributed by atoms with Crippen LogP contribution in [0.4, 0.5) is 11.4 Å². The molecule has 6 nitrogen and oxygen atoms in total. The van der Waals surface area contributed by atoms with Gasteiger partial charge in [0.25, 0.3) is 11.6 Å². The maximum atomic E-state index is 12.5. The highest BCUT2D eigenvalue weighted by atomic mass is 35.5. The fourth-order valence-electron chi connectivity index (χ4n) is 2.76. The third kappa shape index (κ3) is 3.86. The molecular formula is C17H14Cl2N2O4. The third-order valence-electron chi connectivity index (χ3n) is 3.94. The molecule has 2 aromatic rings. The second-order valence-electron chi connectivity index (χ2n) is 5.58. The van der Waals surface area contributed by atoms with Crippen molar-refractivity contribution in [3.05, 3.63) is 62.1 Å². The minimum Gasteiger partial charge on any atom is -0.482 e. The molecule has 0 N–H and O–H groups in total. The second-order valence-corrected chi connectivity index (χ2v) is 6.43. The molecule has 8 heteroatoms. The number of nitro groups is 1. The summed E-state index contributed by atoms with van der Waals surface area (Å²) in [5.41, 5.74) is 1.49. The van der Waals surface area contributed by atoms with Crippen molar-refractivity contribution in [2.75, 3.05) is 18.1 Å². The van der Waals surface area contributed by atoms with Crippen molar-refractivity contribution in [2.24, 2.45) is 0 Å². The Hall–Kier alpha value is -2.31. The zero-order chi connectivity index (χ0) is 18.0. The van der Waals surface area contributed by atoms with Gasteiger partial charge in [-0.3, -0.25) is 14.9 Å². The van der Waals surface area contributed by atoms with Gasteiger partial charge in [-0.2, -0.15) is 0 Å². The van der Waals surface area contributed by atoms with Gasteiger partial charge in [-0.05, 0) is 36.6 Å². The first-order valence-corrected chi connectivity index (χ1v) is 8.37. The largest absolute Gasteiger partial charge is 0.482 e. The first-order valence-electron chi connectivity index (χ1n) is 7.61. The van der Waals surface area contributed by atoms with Crippen LogP contribution in [-0.2, 0) is 11.2 Å². The summed E-state index contributed by atoms with van der Waals surface area (Å²) in [6.07, 6.45) is 1.43. The van der Waals surface area contributed by atoms with Crippen LogP contribution in [0.1, 0.15) is 12.0 Å². The number of anilines is 1. The highest BCUT2D eigenvalue weighted by Gasteiger charge is 2.24. The number of fused-ring (bicyclic) bond motifs is 1. The van der Waals surface area contributed by atoms with Gasteiger partial charge in [0.2, 0.25) is 0 Å². The van der Waals surface area contributed by atoms with Crippen molar-refractivity contribution in [1.82, 2.24) is 0 Å². The van der Waals surface area contributed by atoms with E-state index >= 15 is 0 Å². The molecule has 0 saturated carbocycles. The molecule has 1 heterocycles. The fraction of sp³-hybridized carbons (Fsp3) is 0.235. The number of hydrogen-bond donors (Lipinski definition) is 0. The van der Waals surface area contributed by atoms with Crippen molar-refractivity contribution < 1.29 is 14.5 Å². The van der Waals surface area contributed by atoms with Gasteiger partial charge in [0, 0.05) is 35.5 Å². The topological polar surface area (TPSA) is 72.7 Å². The van der Waals surface area contributed by atoms with Crippen LogP contribution in [0, 0.1) is 10.1 Å². The van der Waals surface area contributed by atoms with Gasteiger partial charge in [0.15, 0.2) is 6.61 Å². The summed E-state index contributed by atoms with van der Waals surface area (Å²) in [6, 6.07) is 9.30. The van der Waals surface area contributed by atoms with Crippen molar-refractivity contribution >= 4 is 40.5 Å². The number of halogens is 2. The number of hydrogen-bond acceptors (Lipinski definition) is 4. The molecule has 1 amide bonds. The minimum atomic E-state index is -0.439. The summed E-state index contributed by atoms with van der Waals surface area (Å²) in [5, 5.41) is 11.7. The normalized spacial score (nSPS) is 13.3. The summed E-state index contributed by atoms with van der Waals surface area (Å²) in [4.78, 5) is 24.6. The van der Waals surface area contributed by atoms with E-state index in [0.29, 0.717) is 34.4 Å². The molecule has 0 aliphatic carbocycles. The van der Waals surface area contributed by atoms with Gasteiger partial charge in [-0.1, -0.05) is 23.2 Å². The van der Waals surface area contributed by atoms with Gasteiger partial charge < -0.3 is 9.64 Å². The van der Waals surface area contributed by atoms with Crippen LogP contribution >= 0.6 is 23.2 Å². The third-order valence-corrected chi connectivity index (χ3v) is 4.49. The first-order chi connectivity index (χ1) is 12.0. The van der Waals surface area contributed by atoms with Gasteiger partial charge in [-0.15, -0.1) is 0 Å². The smallest absolute Gasteiger partial charge is 0.269 e. The number of carbonyl (C=O) groups excluding carboxylic acids is 1. The SMILES string of the molecule is O=C(COc1cc(Cl)ccc1Cl)N1CCCc2cc([N+](=O)[O-])ccc21. The van der Waals surface area contributed by atoms with Crippen LogP contribution in [-0.4, -0.2) is 24.0 Å². The monoisotopic (exact) mass is 380 g/mol. The molecule has 0 radical (unpaired) electrons. The predicted octanol–water partition coefficient (Wildman–Crippen LogP) is 4.26. The summed E-state index contributed by atoms with van der Waals surface area (Å²) in [6.45, 7) is 0.340. The van der Waals surface area contributed by atoms with Crippen molar-refractivity contribution in [1.29, 1.82) is 0 Å². The maximum absolute atomic E-state index is 12.5. The average Bonchev–Trinajstić information content (AvgIpc) is 2.61. The first kappa shape index (κ1) is 17.5. The van der Waals surface area contributed by atoms with Crippen LogP contribution in [0.3, 0.4) is 0 Å². The summed E-state index contributed by atoms with van der Waals surface area (Å²) >= 11 is 11.9. The lowest BCUT2D eigenvalue weighted by Gasteiger charge is -2.29.